The van der Waals surface area contributed by atoms with Crippen LogP contribution in [0.2, 0.25) is 0 Å². The Kier molecular flexibility index (Phi) is 7.84. The minimum absolute atomic E-state index is 0.00637. The SMILES string of the molecule is O=C(CO)CCC(=O)N(c1ccccc1)C1c2ccccc2N(C(=O)OCc2ccccc2)C2CCCC21. The molecule has 0 aromatic heterocycles. The zero-order valence-electron chi connectivity index (χ0n) is 21.2. The second kappa shape index (κ2) is 11.6. The molecule has 0 radical (unpaired) electrons. The highest BCUT2D eigenvalue weighted by Crippen LogP contribution is 2.51. The van der Waals surface area contributed by atoms with E-state index in [1.807, 2.05) is 84.9 Å². The monoisotopic (exact) mass is 512 g/mol. The van der Waals surface area contributed by atoms with Crippen molar-refractivity contribution < 1.29 is 24.2 Å². The largest absolute Gasteiger partial charge is 0.444 e. The first-order valence-electron chi connectivity index (χ1n) is 13.2. The maximum atomic E-state index is 13.7. The van der Waals surface area contributed by atoms with Crippen LogP contribution in [-0.2, 0) is 20.9 Å². The number of ketones is 1. The standard InChI is InChI=1S/C31H32N2O5/c34-20-24(35)18-19-29(36)32(23-12-5-2-6-13-23)30-25-14-7-8-16-27(25)33(28-17-9-15-26(28)30)31(37)38-21-22-10-3-1-4-11-22/h1-8,10-14,16,26,28,30,34H,9,15,17-21H2. The number of carbonyl (C=O) groups is 3. The van der Waals surface area contributed by atoms with Gasteiger partial charge in [-0.2, -0.15) is 0 Å². The van der Waals surface area contributed by atoms with Gasteiger partial charge in [0, 0.05) is 30.5 Å². The maximum Gasteiger partial charge on any atom is 0.414 e. The molecular weight excluding hydrogens is 480 g/mol. The number of Topliss-reactive ketones (excluding diaryl/α,β-unsaturated/α-hetero) is 1. The molecule has 0 saturated heterocycles. The smallest absolute Gasteiger partial charge is 0.414 e. The van der Waals surface area contributed by atoms with Crippen LogP contribution in [0.15, 0.2) is 84.9 Å². The summed E-state index contributed by atoms with van der Waals surface area (Å²) in [6.45, 7) is -0.387. The maximum absolute atomic E-state index is 13.7. The van der Waals surface area contributed by atoms with Gasteiger partial charge in [-0.3, -0.25) is 14.5 Å². The van der Waals surface area contributed by atoms with Gasteiger partial charge in [0.15, 0.2) is 5.78 Å². The van der Waals surface area contributed by atoms with Gasteiger partial charge in [0.25, 0.3) is 0 Å². The number of benzene rings is 3. The Morgan fingerprint density at radius 2 is 1.55 bits per heavy atom. The van der Waals surface area contributed by atoms with Gasteiger partial charge in [-0.25, -0.2) is 4.79 Å². The Morgan fingerprint density at radius 1 is 0.868 bits per heavy atom. The topological polar surface area (TPSA) is 87.2 Å². The molecule has 7 heteroatoms. The lowest BCUT2D eigenvalue weighted by Gasteiger charge is -2.47. The molecule has 3 atom stereocenters. The number of anilines is 2. The number of ether oxygens (including phenoxy) is 1. The Balaban J connectivity index is 1.51. The second-order valence-electron chi connectivity index (χ2n) is 9.87. The quantitative estimate of drug-likeness (QED) is 0.435. The predicted octanol–water partition coefficient (Wildman–Crippen LogP) is 5.43. The number of hydrogen-bond acceptors (Lipinski definition) is 5. The fraction of sp³-hybridized carbons (Fsp3) is 0.323. The van der Waals surface area contributed by atoms with E-state index in [-0.39, 0.29) is 55.2 Å². The third-order valence-corrected chi connectivity index (χ3v) is 7.56. The average molecular weight is 513 g/mol. The van der Waals surface area contributed by atoms with Crippen LogP contribution in [0.5, 0.6) is 0 Å². The minimum atomic E-state index is -0.574. The van der Waals surface area contributed by atoms with Crippen LogP contribution >= 0.6 is 0 Å². The predicted molar refractivity (Wildman–Crippen MR) is 145 cm³/mol. The zero-order valence-corrected chi connectivity index (χ0v) is 21.2. The van der Waals surface area contributed by atoms with Crippen molar-refractivity contribution in [3.63, 3.8) is 0 Å². The summed E-state index contributed by atoms with van der Waals surface area (Å²) in [6.07, 6.45) is 2.21. The van der Waals surface area contributed by atoms with E-state index in [9.17, 15) is 19.5 Å². The normalized spacial score (nSPS) is 19.8. The lowest BCUT2D eigenvalue weighted by molar-refractivity contribution is -0.125. The number of para-hydroxylation sites is 2. The first-order valence-corrected chi connectivity index (χ1v) is 13.2. The minimum Gasteiger partial charge on any atom is -0.444 e. The van der Waals surface area contributed by atoms with Crippen molar-refractivity contribution in [2.24, 2.45) is 5.92 Å². The molecule has 3 aromatic carbocycles. The summed E-state index contributed by atoms with van der Waals surface area (Å²) in [5, 5.41) is 9.18. The highest BCUT2D eigenvalue weighted by molar-refractivity contribution is 5.98. The fourth-order valence-electron chi connectivity index (χ4n) is 5.87. The van der Waals surface area contributed by atoms with Crippen molar-refractivity contribution in [2.75, 3.05) is 16.4 Å². The molecule has 3 aromatic rings. The summed E-state index contributed by atoms with van der Waals surface area (Å²) in [5.41, 5.74) is 3.31. The molecule has 1 fully saturated rings. The summed E-state index contributed by atoms with van der Waals surface area (Å²) in [5.74, 6) is -0.531. The summed E-state index contributed by atoms with van der Waals surface area (Å²) in [7, 11) is 0. The molecule has 0 spiro atoms. The molecule has 3 unspecified atom stereocenters. The van der Waals surface area contributed by atoms with Crippen molar-refractivity contribution in [3.8, 4) is 0 Å². The van der Waals surface area contributed by atoms with E-state index in [4.69, 9.17) is 4.74 Å². The lowest BCUT2D eigenvalue weighted by atomic mass is 9.81. The van der Waals surface area contributed by atoms with Gasteiger partial charge in [-0.1, -0.05) is 73.2 Å². The number of nitrogens with zero attached hydrogens (tertiary/aromatic N) is 2. The highest BCUT2D eigenvalue weighted by Gasteiger charge is 2.49. The van der Waals surface area contributed by atoms with Gasteiger partial charge in [0.05, 0.1) is 11.7 Å². The van der Waals surface area contributed by atoms with Crippen molar-refractivity contribution >= 4 is 29.2 Å². The zero-order chi connectivity index (χ0) is 26.5. The molecule has 1 saturated carbocycles. The average Bonchev–Trinajstić information content (AvgIpc) is 3.45. The van der Waals surface area contributed by atoms with Gasteiger partial charge >= 0.3 is 6.09 Å². The number of hydrogen-bond donors (Lipinski definition) is 1. The van der Waals surface area contributed by atoms with Crippen LogP contribution in [0, 0.1) is 5.92 Å². The first-order chi connectivity index (χ1) is 18.6. The third-order valence-electron chi connectivity index (χ3n) is 7.56. The van der Waals surface area contributed by atoms with E-state index < -0.39 is 6.61 Å². The van der Waals surface area contributed by atoms with Crippen molar-refractivity contribution in [1.29, 1.82) is 0 Å². The summed E-state index contributed by atoms with van der Waals surface area (Å²) >= 11 is 0. The molecule has 5 rings (SSSR count). The number of amides is 2. The molecule has 1 aliphatic carbocycles. The first kappa shape index (κ1) is 25.7. The summed E-state index contributed by atoms with van der Waals surface area (Å²) in [4.78, 5) is 42.7. The van der Waals surface area contributed by atoms with E-state index >= 15 is 0 Å². The van der Waals surface area contributed by atoms with Crippen LogP contribution in [0.3, 0.4) is 0 Å². The van der Waals surface area contributed by atoms with Crippen molar-refractivity contribution in [3.05, 3.63) is 96.1 Å². The number of rotatable bonds is 8. The number of fused-ring (bicyclic) bond motifs is 2. The molecule has 1 aliphatic heterocycles. The molecule has 196 valence electrons. The van der Waals surface area contributed by atoms with E-state index in [1.54, 1.807) is 9.80 Å². The molecule has 38 heavy (non-hydrogen) atoms. The van der Waals surface area contributed by atoms with Crippen LogP contribution in [-0.4, -0.2) is 35.5 Å². The molecule has 1 heterocycles. The van der Waals surface area contributed by atoms with Crippen molar-refractivity contribution in [1.82, 2.24) is 0 Å². The Bertz CT molecular complexity index is 1280. The lowest BCUT2D eigenvalue weighted by Crippen LogP contribution is -2.52. The molecule has 2 amide bonds. The number of aliphatic hydroxyl groups is 1. The number of carbonyl (C=O) groups excluding carboxylic acids is 3. The highest BCUT2D eigenvalue weighted by atomic mass is 16.6. The van der Waals surface area contributed by atoms with Gasteiger partial charge in [0.1, 0.15) is 13.2 Å². The van der Waals surface area contributed by atoms with E-state index in [0.29, 0.717) is 0 Å². The second-order valence-corrected chi connectivity index (χ2v) is 9.87. The number of aliphatic hydroxyl groups excluding tert-OH is 1. The van der Waals surface area contributed by atoms with Gasteiger partial charge in [-0.15, -0.1) is 0 Å². The van der Waals surface area contributed by atoms with Crippen LogP contribution < -0.4 is 9.80 Å². The third kappa shape index (κ3) is 5.20. The Labute approximate surface area is 222 Å². The van der Waals surface area contributed by atoms with Gasteiger partial charge in [-0.05, 0) is 42.2 Å². The molecule has 1 N–H and O–H groups in total. The van der Waals surface area contributed by atoms with E-state index in [1.165, 1.54) is 0 Å². The Morgan fingerprint density at radius 3 is 2.29 bits per heavy atom. The summed E-state index contributed by atoms with van der Waals surface area (Å²) < 4.78 is 5.78. The molecule has 0 bridgehead atoms. The van der Waals surface area contributed by atoms with Crippen LogP contribution in [0.1, 0.15) is 49.3 Å². The molecule has 7 nitrogen and oxygen atoms in total. The Hall–Kier alpha value is -3.97. The van der Waals surface area contributed by atoms with E-state index in [0.717, 1.165) is 41.8 Å². The van der Waals surface area contributed by atoms with Gasteiger partial charge in [0.2, 0.25) is 5.91 Å². The van der Waals surface area contributed by atoms with E-state index in [2.05, 4.69) is 0 Å². The van der Waals surface area contributed by atoms with Gasteiger partial charge < -0.3 is 14.7 Å². The molecule has 2 aliphatic rings. The van der Waals surface area contributed by atoms with Crippen molar-refractivity contribution in [2.45, 2.75) is 50.8 Å². The van der Waals surface area contributed by atoms with Crippen LogP contribution in [0.25, 0.3) is 0 Å². The summed E-state index contributed by atoms with van der Waals surface area (Å²) in [6, 6.07) is 26.4. The fourth-order valence-corrected chi connectivity index (χ4v) is 5.87. The molecular formula is C31H32N2O5. The van der Waals surface area contributed by atoms with Crippen LogP contribution in [0.4, 0.5) is 16.2 Å².